The lowest BCUT2D eigenvalue weighted by atomic mass is 10.0. The maximum absolute atomic E-state index is 12.7. The van der Waals surface area contributed by atoms with E-state index in [4.69, 9.17) is 4.74 Å². The number of carbonyl (C=O) groups is 1. The first-order chi connectivity index (χ1) is 13.3. The first-order valence-corrected chi connectivity index (χ1v) is 10.2. The number of aromatic nitrogens is 2. The summed E-state index contributed by atoms with van der Waals surface area (Å²) in [5, 5.41) is 6.20. The average Bonchev–Trinajstić information content (AvgIpc) is 3.19. The van der Waals surface area contributed by atoms with Gasteiger partial charge >= 0.3 is 0 Å². The topological polar surface area (TPSA) is 56.1 Å². The maximum Gasteiger partial charge on any atom is 0.240 e. The predicted octanol–water partition coefficient (Wildman–Crippen LogP) is 4.73. The van der Waals surface area contributed by atoms with Crippen molar-refractivity contribution in [2.75, 3.05) is 7.11 Å². The number of nitrogens with zero attached hydrogens (tertiary/aromatic N) is 2. The number of carbonyl (C=O) groups excluding carboxylic acids is 1. The Labute approximate surface area is 170 Å². The average molecular weight is 398 g/mol. The molecule has 0 radical (unpaired) electrons. The minimum absolute atomic E-state index is 0.0288. The van der Waals surface area contributed by atoms with Gasteiger partial charge in [0.2, 0.25) is 5.91 Å². The van der Waals surface area contributed by atoms with Crippen LogP contribution in [0.1, 0.15) is 40.5 Å². The van der Waals surface area contributed by atoms with E-state index in [1.807, 2.05) is 51.3 Å². The second kappa shape index (κ2) is 8.19. The lowest BCUT2D eigenvalue weighted by Crippen LogP contribution is -2.31. The van der Waals surface area contributed by atoms with Crippen LogP contribution in [0.15, 0.2) is 29.6 Å². The molecule has 1 amide bonds. The fourth-order valence-corrected chi connectivity index (χ4v) is 4.10. The largest absolute Gasteiger partial charge is 0.496 e. The van der Waals surface area contributed by atoms with Crippen LogP contribution in [0.2, 0.25) is 0 Å². The number of benzene rings is 1. The minimum atomic E-state index is -0.140. The summed E-state index contributed by atoms with van der Waals surface area (Å²) in [6.45, 7) is 10.4. The molecule has 3 rings (SSSR count). The van der Waals surface area contributed by atoms with Gasteiger partial charge < -0.3 is 14.6 Å². The van der Waals surface area contributed by atoms with Crippen LogP contribution in [0.3, 0.4) is 0 Å². The molecule has 0 aliphatic heterocycles. The third kappa shape index (κ3) is 4.12. The van der Waals surface area contributed by atoms with Crippen molar-refractivity contribution in [1.82, 2.24) is 14.9 Å². The Kier molecular flexibility index (Phi) is 5.89. The minimum Gasteiger partial charge on any atom is -0.496 e. The van der Waals surface area contributed by atoms with E-state index < -0.39 is 0 Å². The SMILES string of the molecule is COc1ccc(C)cc1C(C)NC(=O)Cn1c(C)cc(-c2csc(C)n2)c1C. The highest BCUT2D eigenvalue weighted by molar-refractivity contribution is 7.09. The highest BCUT2D eigenvalue weighted by Crippen LogP contribution is 2.29. The molecule has 2 aromatic heterocycles. The van der Waals surface area contributed by atoms with Gasteiger partial charge in [0.15, 0.2) is 0 Å². The molecule has 148 valence electrons. The van der Waals surface area contributed by atoms with Crippen molar-refractivity contribution in [1.29, 1.82) is 0 Å². The van der Waals surface area contributed by atoms with Gasteiger partial charge in [-0.15, -0.1) is 11.3 Å². The summed E-state index contributed by atoms with van der Waals surface area (Å²) in [6, 6.07) is 7.96. The fourth-order valence-electron chi connectivity index (χ4n) is 3.49. The van der Waals surface area contributed by atoms with Crippen LogP contribution in [-0.4, -0.2) is 22.6 Å². The third-order valence-electron chi connectivity index (χ3n) is 5.00. The van der Waals surface area contributed by atoms with Crippen LogP contribution >= 0.6 is 11.3 Å². The number of nitrogens with one attached hydrogen (secondary N) is 1. The number of rotatable bonds is 6. The summed E-state index contributed by atoms with van der Waals surface area (Å²) >= 11 is 1.64. The van der Waals surface area contributed by atoms with Gasteiger partial charge in [0, 0.05) is 27.9 Å². The van der Waals surface area contributed by atoms with Gasteiger partial charge in [-0.05, 0) is 46.8 Å². The summed E-state index contributed by atoms with van der Waals surface area (Å²) in [5.74, 6) is 0.756. The Morgan fingerprint density at radius 2 is 2.00 bits per heavy atom. The van der Waals surface area contributed by atoms with Crippen LogP contribution < -0.4 is 10.1 Å². The molecule has 0 fully saturated rings. The lowest BCUT2D eigenvalue weighted by molar-refractivity contribution is -0.122. The van der Waals surface area contributed by atoms with Crippen molar-refractivity contribution in [3.05, 3.63) is 57.2 Å². The van der Waals surface area contributed by atoms with Gasteiger partial charge in [-0.1, -0.05) is 17.7 Å². The molecular formula is C22H27N3O2S. The third-order valence-corrected chi connectivity index (χ3v) is 5.77. The van der Waals surface area contributed by atoms with E-state index in [0.29, 0.717) is 0 Å². The molecule has 6 heteroatoms. The van der Waals surface area contributed by atoms with Gasteiger partial charge in [-0.3, -0.25) is 4.79 Å². The maximum atomic E-state index is 12.7. The Bertz CT molecular complexity index is 1000. The summed E-state index contributed by atoms with van der Waals surface area (Å²) < 4.78 is 7.49. The van der Waals surface area contributed by atoms with Gasteiger partial charge in [0.25, 0.3) is 0 Å². The van der Waals surface area contributed by atoms with E-state index in [-0.39, 0.29) is 18.5 Å². The van der Waals surface area contributed by atoms with Crippen LogP contribution in [-0.2, 0) is 11.3 Å². The van der Waals surface area contributed by atoms with E-state index in [1.54, 1.807) is 18.4 Å². The normalized spacial score (nSPS) is 12.1. The molecule has 1 N–H and O–H groups in total. The second-order valence-corrected chi connectivity index (χ2v) is 8.22. The van der Waals surface area contributed by atoms with Crippen LogP contribution in [0.5, 0.6) is 5.75 Å². The van der Waals surface area contributed by atoms with Crippen molar-refractivity contribution >= 4 is 17.2 Å². The molecule has 0 saturated heterocycles. The number of methoxy groups -OCH3 is 1. The standard InChI is InChI=1S/C22H27N3O2S/c1-13-7-8-21(27-6)18(9-13)15(3)23-22(26)11-25-14(2)10-19(16(25)4)20-12-28-17(5)24-20/h7-10,12,15H,11H2,1-6H3,(H,23,26). The number of hydrogen-bond donors (Lipinski definition) is 1. The van der Waals surface area contributed by atoms with Gasteiger partial charge in [0.05, 0.1) is 23.9 Å². The summed E-state index contributed by atoms with van der Waals surface area (Å²) in [4.78, 5) is 17.3. The zero-order chi connectivity index (χ0) is 20.4. The van der Waals surface area contributed by atoms with Crippen LogP contribution in [0, 0.1) is 27.7 Å². The first-order valence-electron chi connectivity index (χ1n) is 9.33. The molecule has 0 spiro atoms. The van der Waals surface area contributed by atoms with Crippen molar-refractivity contribution in [3.63, 3.8) is 0 Å². The Hall–Kier alpha value is -2.60. The van der Waals surface area contributed by atoms with E-state index in [1.165, 1.54) is 0 Å². The summed E-state index contributed by atoms with van der Waals surface area (Å²) in [5.41, 5.74) is 6.28. The van der Waals surface area contributed by atoms with Crippen molar-refractivity contribution in [3.8, 4) is 17.0 Å². The molecule has 28 heavy (non-hydrogen) atoms. The van der Waals surface area contributed by atoms with Crippen LogP contribution in [0.25, 0.3) is 11.3 Å². The van der Waals surface area contributed by atoms with Gasteiger partial charge in [0.1, 0.15) is 12.3 Å². The first kappa shape index (κ1) is 20.1. The molecule has 0 aliphatic carbocycles. The Morgan fingerprint density at radius 1 is 1.25 bits per heavy atom. The zero-order valence-corrected chi connectivity index (χ0v) is 18.1. The Morgan fingerprint density at radius 3 is 2.64 bits per heavy atom. The molecular weight excluding hydrogens is 370 g/mol. The van der Waals surface area contributed by atoms with E-state index >= 15 is 0 Å². The fraction of sp³-hybridized carbons (Fsp3) is 0.364. The molecule has 5 nitrogen and oxygen atoms in total. The van der Waals surface area contributed by atoms with Gasteiger partial charge in [-0.25, -0.2) is 4.98 Å². The van der Waals surface area contributed by atoms with E-state index in [0.717, 1.165) is 44.5 Å². The number of thiazole rings is 1. The van der Waals surface area contributed by atoms with Gasteiger partial charge in [-0.2, -0.15) is 0 Å². The lowest BCUT2D eigenvalue weighted by Gasteiger charge is -2.19. The highest BCUT2D eigenvalue weighted by atomic mass is 32.1. The number of amides is 1. The predicted molar refractivity (Wildman–Crippen MR) is 114 cm³/mol. The number of ether oxygens (including phenoxy) is 1. The quantitative estimate of drug-likeness (QED) is 0.654. The molecule has 0 aliphatic rings. The number of hydrogen-bond acceptors (Lipinski definition) is 4. The monoisotopic (exact) mass is 397 g/mol. The smallest absolute Gasteiger partial charge is 0.240 e. The van der Waals surface area contributed by atoms with E-state index in [9.17, 15) is 4.79 Å². The molecule has 2 heterocycles. The zero-order valence-electron chi connectivity index (χ0n) is 17.3. The molecule has 1 aromatic carbocycles. The number of aryl methyl sites for hydroxylation is 3. The van der Waals surface area contributed by atoms with Crippen LogP contribution in [0.4, 0.5) is 0 Å². The van der Waals surface area contributed by atoms with Crippen molar-refractivity contribution < 1.29 is 9.53 Å². The van der Waals surface area contributed by atoms with E-state index in [2.05, 4.69) is 27.8 Å². The highest BCUT2D eigenvalue weighted by Gasteiger charge is 2.18. The summed E-state index contributed by atoms with van der Waals surface area (Å²) in [7, 11) is 1.65. The summed E-state index contributed by atoms with van der Waals surface area (Å²) in [6.07, 6.45) is 0. The van der Waals surface area contributed by atoms with Crippen molar-refractivity contribution in [2.45, 2.75) is 47.2 Å². The molecule has 1 unspecified atom stereocenters. The van der Waals surface area contributed by atoms with Crippen molar-refractivity contribution in [2.24, 2.45) is 0 Å². The molecule has 0 bridgehead atoms. The molecule has 1 atom stereocenters. The second-order valence-electron chi connectivity index (χ2n) is 7.16. The molecule has 3 aromatic rings. The Balaban J connectivity index is 1.77. The molecule has 0 saturated carbocycles.